The molecule has 3 aromatic heterocycles. The second-order valence-corrected chi connectivity index (χ2v) is 4.58. The molecule has 5 nitrogen and oxygen atoms in total. The zero-order valence-corrected chi connectivity index (χ0v) is 10.9. The molecule has 100 valence electrons. The molecule has 0 radical (unpaired) electrons. The minimum Gasteiger partial charge on any atom is -0.422 e. The van der Waals surface area contributed by atoms with E-state index in [9.17, 15) is 4.79 Å². The molecule has 0 saturated carbocycles. The van der Waals surface area contributed by atoms with Crippen molar-refractivity contribution in [1.29, 1.82) is 0 Å². The van der Waals surface area contributed by atoms with Crippen LogP contribution in [0.5, 0.6) is 0 Å². The van der Waals surface area contributed by atoms with Crippen LogP contribution in [0.3, 0.4) is 0 Å². The third-order valence-electron chi connectivity index (χ3n) is 3.29. The maximum Gasteiger partial charge on any atom is 0.347 e. The zero-order chi connectivity index (χ0) is 14.2. The van der Waals surface area contributed by atoms with Gasteiger partial charge in [0, 0.05) is 29.5 Å². The van der Waals surface area contributed by atoms with Crippen molar-refractivity contribution in [2.45, 2.75) is 0 Å². The maximum atomic E-state index is 12.0. The lowest BCUT2D eigenvalue weighted by Gasteiger charge is -2.04. The molecule has 21 heavy (non-hydrogen) atoms. The van der Waals surface area contributed by atoms with Gasteiger partial charge in [-0.2, -0.15) is 0 Å². The molecule has 0 amide bonds. The van der Waals surface area contributed by atoms with Crippen molar-refractivity contribution in [3.8, 4) is 11.4 Å². The van der Waals surface area contributed by atoms with Crippen LogP contribution in [0.4, 0.5) is 0 Å². The highest BCUT2D eigenvalue weighted by Crippen LogP contribution is 2.22. The molecule has 0 aliphatic rings. The van der Waals surface area contributed by atoms with E-state index in [1.54, 1.807) is 18.5 Å². The number of nitrogens with zero attached hydrogens (tertiary/aromatic N) is 3. The third-order valence-corrected chi connectivity index (χ3v) is 3.29. The van der Waals surface area contributed by atoms with Crippen molar-refractivity contribution in [2.24, 2.45) is 0 Å². The Kier molecular flexibility index (Phi) is 2.50. The van der Waals surface area contributed by atoms with Gasteiger partial charge >= 0.3 is 5.63 Å². The van der Waals surface area contributed by atoms with Crippen molar-refractivity contribution < 1.29 is 4.42 Å². The molecule has 1 aromatic carbocycles. The van der Waals surface area contributed by atoms with Crippen LogP contribution >= 0.6 is 0 Å². The normalized spacial score (nSPS) is 11.0. The summed E-state index contributed by atoms with van der Waals surface area (Å²) in [6, 6.07) is 11.0. The topological polar surface area (TPSA) is 68.9 Å². The predicted octanol–water partition coefficient (Wildman–Crippen LogP) is 2.80. The van der Waals surface area contributed by atoms with Crippen molar-refractivity contribution in [3.05, 3.63) is 65.4 Å². The zero-order valence-electron chi connectivity index (χ0n) is 10.9. The van der Waals surface area contributed by atoms with E-state index in [4.69, 9.17) is 4.42 Å². The maximum absolute atomic E-state index is 12.0. The summed E-state index contributed by atoms with van der Waals surface area (Å²) >= 11 is 0. The fraction of sp³-hybridized carbons (Fsp3) is 0. The van der Waals surface area contributed by atoms with Crippen LogP contribution in [-0.4, -0.2) is 15.0 Å². The van der Waals surface area contributed by atoms with E-state index in [-0.39, 0.29) is 0 Å². The van der Waals surface area contributed by atoms with E-state index in [1.807, 2.05) is 30.3 Å². The minimum absolute atomic E-state index is 0.381. The molecule has 4 aromatic rings. The van der Waals surface area contributed by atoms with Gasteiger partial charge in [-0.05, 0) is 24.3 Å². The summed E-state index contributed by atoms with van der Waals surface area (Å²) in [6.45, 7) is 0. The molecule has 0 aliphatic carbocycles. The van der Waals surface area contributed by atoms with Gasteiger partial charge in [0.25, 0.3) is 0 Å². The number of rotatable bonds is 1. The van der Waals surface area contributed by atoms with Crippen molar-refractivity contribution in [3.63, 3.8) is 0 Å². The first-order chi connectivity index (χ1) is 10.3. The number of pyridine rings is 1. The van der Waals surface area contributed by atoms with Crippen molar-refractivity contribution in [1.82, 2.24) is 15.0 Å². The summed E-state index contributed by atoms with van der Waals surface area (Å²) < 4.78 is 5.27. The third kappa shape index (κ3) is 1.87. The fourth-order valence-corrected chi connectivity index (χ4v) is 2.28. The standard InChI is InChI=1S/C16H9N3O2/c20-16-12-9-18-15(10-5-7-17-8-6-10)19-14(12)11-3-1-2-4-13(11)21-16/h1-9H. The van der Waals surface area contributed by atoms with E-state index >= 15 is 0 Å². The van der Waals surface area contributed by atoms with E-state index in [0.717, 1.165) is 10.9 Å². The number of fused-ring (bicyclic) bond motifs is 3. The Balaban J connectivity index is 2.11. The van der Waals surface area contributed by atoms with Crippen molar-refractivity contribution in [2.75, 3.05) is 0 Å². The van der Waals surface area contributed by atoms with Gasteiger partial charge < -0.3 is 4.42 Å². The minimum atomic E-state index is -0.426. The lowest BCUT2D eigenvalue weighted by Crippen LogP contribution is -2.03. The Hall–Kier alpha value is -3.08. The molecule has 4 rings (SSSR count). The summed E-state index contributed by atoms with van der Waals surface area (Å²) in [7, 11) is 0. The second kappa shape index (κ2) is 4.49. The molecule has 0 aliphatic heterocycles. The monoisotopic (exact) mass is 275 g/mol. The average Bonchev–Trinajstić information content (AvgIpc) is 2.55. The Labute approximate surface area is 118 Å². The van der Waals surface area contributed by atoms with Crippen LogP contribution in [-0.2, 0) is 0 Å². The molecule has 0 unspecified atom stereocenters. The SMILES string of the molecule is O=c1oc2ccccc2c2nc(-c3ccncc3)ncc12. The number of benzene rings is 1. The Bertz CT molecular complexity index is 1010. The molecule has 0 fully saturated rings. The lowest BCUT2D eigenvalue weighted by atomic mass is 10.1. The smallest absolute Gasteiger partial charge is 0.347 e. The Morgan fingerprint density at radius 1 is 0.952 bits per heavy atom. The van der Waals surface area contributed by atoms with Gasteiger partial charge in [0.2, 0.25) is 0 Å². The van der Waals surface area contributed by atoms with Gasteiger partial charge in [-0.25, -0.2) is 14.8 Å². The molecule has 0 N–H and O–H groups in total. The Morgan fingerprint density at radius 3 is 2.62 bits per heavy atom. The predicted molar refractivity (Wildman–Crippen MR) is 78.8 cm³/mol. The molecule has 3 heterocycles. The van der Waals surface area contributed by atoms with Gasteiger partial charge in [0.05, 0.1) is 5.52 Å². The van der Waals surface area contributed by atoms with E-state index in [2.05, 4.69) is 15.0 Å². The van der Waals surface area contributed by atoms with Crippen LogP contribution in [0, 0.1) is 0 Å². The van der Waals surface area contributed by atoms with E-state index < -0.39 is 5.63 Å². The Morgan fingerprint density at radius 2 is 1.76 bits per heavy atom. The molecular formula is C16H9N3O2. The van der Waals surface area contributed by atoms with E-state index in [1.165, 1.54) is 6.20 Å². The van der Waals surface area contributed by atoms with Gasteiger partial charge in [-0.1, -0.05) is 12.1 Å². The number of hydrogen-bond acceptors (Lipinski definition) is 5. The first kappa shape index (κ1) is 11.7. The summed E-state index contributed by atoms with van der Waals surface area (Å²) in [5, 5.41) is 1.18. The molecule has 0 spiro atoms. The highest BCUT2D eigenvalue weighted by atomic mass is 16.4. The van der Waals surface area contributed by atoms with Gasteiger partial charge in [0.1, 0.15) is 11.0 Å². The van der Waals surface area contributed by atoms with Gasteiger partial charge in [-0.15, -0.1) is 0 Å². The fourth-order valence-electron chi connectivity index (χ4n) is 2.28. The molecule has 5 heteroatoms. The van der Waals surface area contributed by atoms with Gasteiger partial charge in [0.15, 0.2) is 5.82 Å². The molecule has 0 atom stereocenters. The number of hydrogen-bond donors (Lipinski definition) is 0. The largest absolute Gasteiger partial charge is 0.422 e. The lowest BCUT2D eigenvalue weighted by molar-refractivity contribution is 0.569. The summed E-state index contributed by atoms with van der Waals surface area (Å²) in [4.78, 5) is 24.7. The summed E-state index contributed by atoms with van der Waals surface area (Å²) in [6.07, 6.45) is 4.87. The van der Waals surface area contributed by atoms with Crippen LogP contribution < -0.4 is 5.63 Å². The first-order valence-corrected chi connectivity index (χ1v) is 6.42. The van der Waals surface area contributed by atoms with Crippen LogP contribution in [0.15, 0.2) is 64.2 Å². The second-order valence-electron chi connectivity index (χ2n) is 4.58. The summed E-state index contributed by atoms with van der Waals surface area (Å²) in [5.41, 5.74) is 1.55. The highest BCUT2D eigenvalue weighted by molar-refractivity contribution is 6.01. The van der Waals surface area contributed by atoms with Crippen LogP contribution in [0.25, 0.3) is 33.3 Å². The molecule has 0 bridgehead atoms. The molecular weight excluding hydrogens is 266 g/mol. The average molecular weight is 275 g/mol. The quantitative estimate of drug-likeness (QED) is 0.394. The molecule has 0 saturated heterocycles. The highest BCUT2D eigenvalue weighted by Gasteiger charge is 2.10. The number of para-hydroxylation sites is 1. The summed E-state index contributed by atoms with van der Waals surface area (Å²) in [5.74, 6) is 0.556. The first-order valence-electron chi connectivity index (χ1n) is 6.42. The van der Waals surface area contributed by atoms with Crippen LogP contribution in [0.2, 0.25) is 0 Å². The van der Waals surface area contributed by atoms with Crippen LogP contribution in [0.1, 0.15) is 0 Å². The number of aromatic nitrogens is 3. The van der Waals surface area contributed by atoms with Gasteiger partial charge in [-0.3, -0.25) is 4.98 Å². The van der Waals surface area contributed by atoms with E-state index in [0.29, 0.717) is 22.3 Å². The van der Waals surface area contributed by atoms with Crippen molar-refractivity contribution >= 4 is 21.9 Å².